The Hall–Kier alpha value is -1.08. The summed E-state index contributed by atoms with van der Waals surface area (Å²) >= 11 is 1.14. The minimum absolute atomic E-state index is 0.130. The fourth-order valence-corrected chi connectivity index (χ4v) is 2.68. The van der Waals surface area contributed by atoms with Crippen LogP contribution in [0.4, 0.5) is 0 Å². The van der Waals surface area contributed by atoms with Crippen molar-refractivity contribution in [2.24, 2.45) is 5.73 Å². The molecule has 1 heterocycles. The van der Waals surface area contributed by atoms with Gasteiger partial charge in [-0.05, 0) is 13.8 Å². The average molecular weight is 260 g/mol. The Labute approximate surface area is 104 Å². The van der Waals surface area contributed by atoms with Crippen LogP contribution in [-0.4, -0.2) is 50.9 Å². The predicted octanol–water partition coefficient (Wildman–Crippen LogP) is -0.333. The van der Waals surface area contributed by atoms with Crippen LogP contribution in [0.2, 0.25) is 0 Å². The van der Waals surface area contributed by atoms with Gasteiger partial charge in [0.1, 0.15) is 6.04 Å². The van der Waals surface area contributed by atoms with Gasteiger partial charge in [0.25, 0.3) is 0 Å². The van der Waals surface area contributed by atoms with Crippen molar-refractivity contribution in [3.05, 3.63) is 0 Å². The Morgan fingerprint density at radius 3 is 2.59 bits per heavy atom. The molecule has 1 aliphatic heterocycles. The highest BCUT2D eigenvalue weighted by Gasteiger charge is 2.40. The third-order valence-electron chi connectivity index (χ3n) is 2.45. The van der Waals surface area contributed by atoms with Crippen LogP contribution in [0, 0.1) is 0 Å². The summed E-state index contributed by atoms with van der Waals surface area (Å²) in [6.07, 6.45) is 0.133. The third-order valence-corrected chi connectivity index (χ3v) is 3.77. The Morgan fingerprint density at radius 2 is 2.18 bits per heavy atom. The molecule has 1 unspecified atom stereocenters. The molecule has 96 valence electrons. The number of hydrogen-bond acceptors (Lipinski definition) is 5. The summed E-state index contributed by atoms with van der Waals surface area (Å²) in [7, 11) is 0. The Kier molecular flexibility index (Phi) is 4.53. The van der Waals surface area contributed by atoms with E-state index < -0.39 is 17.3 Å². The van der Waals surface area contributed by atoms with Crippen LogP contribution < -0.4 is 5.73 Å². The first kappa shape index (κ1) is 14.0. The zero-order chi connectivity index (χ0) is 13.2. The van der Waals surface area contributed by atoms with E-state index in [4.69, 9.17) is 10.8 Å². The summed E-state index contributed by atoms with van der Waals surface area (Å²) in [6.45, 7) is 3.54. The number of rotatable bonds is 5. The van der Waals surface area contributed by atoms with E-state index in [1.54, 1.807) is 13.8 Å². The number of thioether (sulfide) groups is 1. The topological polar surface area (TPSA) is 101 Å². The van der Waals surface area contributed by atoms with Crippen molar-refractivity contribution in [3.8, 4) is 0 Å². The average Bonchev–Trinajstić information content (AvgIpc) is 2.50. The number of hydrogen-bond donors (Lipinski definition) is 2. The smallest absolute Gasteiger partial charge is 0.321 e. The van der Waals surface area contributed by atoms with Gasteiger partial charge in [-0.3, -0.25) is 19.3 Å². The molecule has 2 atom stereocenters. The first-order valence-electron chi connectivity index (χ1n) is 5.30. The van der Waals surface area contributed by atoms with Gasteiger partial charge in [0.05, 0.1) is 5.25 Å². The van der Waals surface area contributed by atoms with Gasteiger partial charge in [-0.2, -0.15) is 0 Å². The zero-order valence-corrected chi connectivity index (χ0v) is 10.6. The molecule has 2 amide bonds. The quantitative estimate of drug-likeness (QED) is 0.656. The van der Waals surface area contributed by atoms with E-state index in [0.717, 1.165) is 11.8 Å². The lowest BCUT2D eigenvalue weighted by Gasteiger charge is -2.18. The second kappa shape index (κ2) is 5.50. The number of carbonyl (C=O) groups is 3. The first-order valence-corrected chi connectivity index (χ1v) is 6.35. The van der Waals surface area contributed by atoms with Gasteiger partial charge in [0.15, 0.2) is 0 Å². The normalized spacial score (nSPS) is 22.4. The molecule has 0 bridgehead atoms. The standard InChI is InChI=1S/C10H16N2O4S/c1-5(2)12-8(13)3-7(9(12)14)17-4-6(11)10(15)16/h5-7H,3-4,11H2,1-2H3,(H,15,16)/t6-,7?/m0/s1. The summed E-state index contributed by atoms with van der Waals surface area (Å²) in [5.41, 5.74) is 5.34. The van der Waals surface area contributed by atoms with Gasteiger partial charge in [-0.1, -0.05) is 0 Å². The van der Waals surface area contributed by atoms with Crippen molar-refractivity contribution >= 4 is 29.5 Å². The van der Waals surface area contributed by atoms with Crippen molar-refractivity contribution in [2.75, 3.05) is 5.75 Å². The largest absolute Gasteiger partial charge is 0.480 e. The van der Waals surface area contributed by atoms with E-state index in [0.29, 0.717) is 0 Å². The molecule has 1 aliphatic rings. The number of amides is 2. The van der Waals surface area contributed by atoms with E-state index in [2.05, 4.69) is 0 Å². The lowest BCUT2D eigenvalue weighted by atomic mass is 10.3. The van der Waals surface area contributed by atoms with Crippen molar-refractivity contribution < 1.29 is 19.5 Å². The maximum atomic E-state index is 11.8. The lowest BCUT2D eigenvalue weighted by Crippen LogP contribution is -2.38. The molecule has 0 aromatic rings. The molecular weight excluding hydrogens is 244 g/mol. The minimum atomic E-state index is -1.10. The number of likely N-dealkylation sites (tertiary alicyclic amines) is 1. The van der Waals surface area contributed by atoms with Crippen molar-refractivity contribution in [1.29, 1.82) is 0 Å². The van der Waals surface area contributed by atoms with Crippen LogP contribution in [0.5, 0.6) is 0 Å². The maximum absolute atomic E-state index is 11.8. The van der Waals surface area contributed by atoms with E-state index in [1.165, 1.54) is 4.90 Å². The van der Waals surface area contributed by atoms with Crippen LogP contribution >= 0.6 is 11.8 Å². The molecule has 1 saturated heterocycles. The number of aliphatic carboxylic acids is 1. The molecule has 0 radical (unpaired) electrons. The van der Waals surface area contributed by atoms with Gasteiger partial charge in [0.2, 0.25) is 11.8 Å². The van der Waals surface area contributed by atoms with Crippen LogP contribution in [0.15, 0.2) is 0 Å². The highest BCUT2D eigenvalue weighted by molar-refractivity contribution is 8.00. The van der Waals surface area contributed by atoms with Crippen molar-refractivity contribution in [1.82, 2.24) is 4.90 Å². The summed E-state index contributed by atoms with van der Waals surface area (Å²) in [4.78, 5) is 35.1. The summed E-state index contributed by atoms with van der Waals surface area (Å²) in [5.74, 6) is -1.42. The highest BCUT2D eigenvalue weighted by atomic mass is 32.2. The second-order valence-electron chi connectivity index (χ2n) is 4.17. The molecule has 1 rings (SSSR count). The van der Waals surface area contributed by atoms with E-state index in [9.17, 15) is 14.4 Å². The molecule has 6 nitrogen and oxygen atoms in total. The van der Waals surface area contributed by atoms with Crippen LogP contribution in [-0.2, 0) is 14.4 Å². The van der Waals surface area contributed by atoms with Gasteiger partial charge < -0.3 is 10.8 Å². The number of nitrogens with zero attached hydrogens (tertiary/aromatic N) is 1. The highest BCUT2D eigenvalue weighted by Crippen LogP contribution is 2.26. The Balaban J connectivity index is 2.55. The van der Waals surface area contributed by atoms with Crippen LogP contribution in [0.3, 0.4) is 0 Å². The van der Waals surface area contributed by atoms with E-state index >= 15 is 0 Å². The van der Waals surface area contributed by atoms with Gasteiger partial charge >= 0.3 is 5.97 Å². The summed E-state index contributed by atoms with van der Waals surface area (Å²) in [6, 6.07) is -1.16. The molecule has 0 aromatic carbocycles. The van der Waals surface area contributed by atoms with Gasteiger partial charge in [-0.25, -0.2) is 0 Å². The van der Waals surface area contributed by atoms with Crippen molar-refractivity contribution in [3.63, 3.8) is 0 Å². The first-order chi connectivity index (χ1) is 7.84. The molecule has 0 aliphatic carbocycles. The molecule has 0 saturated carbocycles. The van der Waals surface area contributed by atoms with Crippen LogP contribution in [0.25, 0.3) is 0 Å². The molecule has 3 N–H and O–H groups in total. The number of imide groups is 1. The molecule has 0 aromatic heterocycles. The Morgan fingerprint density at radius 1 is 1.59 bits per heavy atom. The molecular formula is C10H16N2O4S. The number of carboxylic acids is 1. The number of carboxylic acid groups (broad SMARTS) is 1. The third kappa shape index (κ3) is 3.19. The second-order valence-corrected chi connectivity index (χ2v) is 5.40. The van der Waals surface area contributed by atoms with Crippen LogP contribution in [0.1, 0.15) is 20.3 Å². The SMILES string of the molecule is CC(C)N1C(=O)CC(SC[C@H](N)C(=O)O)C1=O. The Bertz CT molecular complexity index is 345. The number of carbonyl (C=O) groups excluding carboxylic acids is 2. The molecule has 7 heteroatoms. The molecule has 17 heavy (non-hydrogen) atoms. The lowest BCUT2D eigenvalue weighted by molar-refractivity contribution is -0.140. The molecule has 1 fully saturated rings. The summed E-state index contributed by atoms with van der Waals surface area (Å²) < 4.78 is 0. The molecule has 0 spiro atoms. The minimum Gasteiger partial charge on any atom is -0.480 e. The fourth-order valence-electron chi connectivity index (χ4n) is 1.59. The summed E-state index contributed by atoms with van der Waals surface area (Å²) in [5, 5.41) is 8.12. The van der Waals surface area contributed by atoms with Gasteiger partial charge in [0, 0.05) is 18.2 Å². The number of nitrogens with two attached hydrogens (primary N) is 1. The monoisotopic (exact) mass is 260 g/mol. The van der Waals surface area contributed by atoms with E-state index in [-0.39, 0.29) is 30.0 Å². The van der Waals surface area contributed by atoms with Gasteiger partial charge in [-0.15, -0.1) is 11.8 Å². The zero-order valence-electron chi connectivity index (χ0n) is 9.75. The van der Waals surface area contributed by atoms with Crippen molar-refractivity contribution in [2.45, 2.75) is 37.6 Å². The fraction of sp³-hybridized carbons (Fsp3) is 0.700. The predicted molar refractivity (Wildman–Crippen MR) is 63.5 cm³/mol. The van der Waals surface area contributed by atoms with E-state index in [1.807, 2.05) is 0 Å². The maximum Gasteiger partial charge on any atom is 0.321 e.